The summed E-state index contributed by atoms with van der Waals surface area (Å²) in [6, 6.07) is 7.69. The van der Waals surface area contributed by atoms with Crippen molar-refractivity contribution in [1.82, 2.24) is 5.32 Å². The second kappa shape index (κ2) is 6.91. The van der Waals surface area contributed by atoms with Crippen molar-refractivity contribution in [3.63, 3.8) is 0 Å². The first-order chi connectivity index (χ1) is 9.95. The predicted molar refractivity (Wildman–Crippen MR) is 88.0 cm³/mol. The Morgan fingerprint density at radius 1 is 1.19 bits per heavy atom. The highest BCUT2D eigenvalue weighted by atomic mass is 19.1. The lowest BCUT2D eigenvalue weighted by atomic mass is 9.63. The quantitative estimate of drug-likeness (QED) is 0.813. The van der Waals surface area contributed by atoms with Gasteiger partial charge in [-0.05, 0) is 60.8 Å². The molecule has 3 atom stereocenters. The van der Waals surface area contributed by atoms with Crippen LogP contribution in [0.5, 0.6) is 0 Å². The van der Waals surface area contributed by atoms with Crippen molar-refractivity contribution in [2.45, 2.75) is 64.8 Å². The Kier molecular flexibility index (Phi) is 5.43. The first-order valence-corrected chi connectivity index (χ1v) is 8.44. The van der Waals surface area contributed by atoms with Gasteiger partial charge in [-0.15, -0.1) is 0 Å². The lowest BCUT2D eigenvalue weighted by Gasteiger charge is -2.45. The molecular formula is C19H30FN. The van der Waals surface area contributed by atoms with E-state index in [1.807, 2.05) is 12.1 Å². The Labute approximate surface area is 129 Å². The number of nitrogens with one attached hydrogen (secondary N) is 1. The van der Waals surface area contributed by atoms with Gasteiger partial charge in [-0.25, -0.2) is 4.39 Å². The smallest absolute Gasteiger partial charge is 0.123 e. The van der Waals surface area contributed by atoms with Crippen LogP contribution in [-0.2, 0) is 5.41 Å². The third kappa shape index (κ3) is 3.85. The number of hydrogen-bond acceptors (Lipinski definition) is 1. The maximum atomic E-state index is 13.2. The second-order valence-corrected chi connectivity index (χ2v) is 7.31. The Morgan fingerprint density at radius 2 is 1.86 bits per heavy atom. The average Bonchev–Trinajstić information content (AvgIpc) is 2.45. The van der Waals surface area contributed by atoms with Crippen LogP contribution in [0.3, 0.4) is 0 Å². The van der Waals surface area contributed by atoms with Crippen LogP contribution in [0.1, 0.15) is 58.9 Å². The van der Waals surface area contributed by atoms with Gasteiger partial charge >= 0.3 is 0 Å². The van der Waals surface area contributed by atoms with Crippen LogP contribution in [0, 0.1) is 17.7 Å². The van der Waals surface area contributed by atoms with E-state index in [1.165, 1.54) is 31.2 Å². The van der Waals surface area contributed by atoms with Gasteiger partial charge in [-0.3, -0.25) is 0 Å². The van der Waals surface area contributed by atoms with Gasteiger partial charge in [0.15, 0.2) is 0 Å². The highest BCUT2D eigenvalue weighted by molar-refractivity contribution is 5.26. The van der Waals surface area contributed by atoms with Gasteiger partial charge in [0, 0.05) is 6.04 Å². The Balaban J connectivity index is 2.20. The van der Waals surface area contributed by atoms with Crippen LogP contribution in [0.4, 0.5) is 4.39 Å². The summed E-state index contributed by atoms with van der Waals surface area (Å²) in [5, 5.41) is 3.76. The zero-order chi connectivity index (χ0) is 15.5. The highest BCUT2D eigenvalue weighted by Crippen LogP contribution is 2.42. The molecule has 21 heavy (non-hydrogen) atoms. The molecule has 118 valence electrons. The van der Waals surface area contributed by atoms with Crippen molar-refractivity contribution < 1.29 is 4.39 Å². The average molecular weight is 291 g/mol. The van der Waals surface area contributed by atoms with Crippen LogP contribution in [0.2, 0.25) is 0 Å². The van der Waals surface area contributed by atoms with Crippen LogP contribution in [0.15, 0.2) is 24.3 Å². The molecule has 1 nitrogen and oxygen atoms in total. The van der Waals surface area contributed by atoms with Gasteiger partial charge in [0.1, 0.15) is 5.82 Å². The fourth-order valence-electron chi connectivity index (χ4n) is 3.89. The predicted octanol–water partition coefficient (Wildman–Crippen LogP) is 4.91. The molecule has 0 aliphatic heterocycles. The van der Waals surface area contributed by atoms with Crippen molar-refractivity contribution in [2.24, 2.45) is 11.8 Å². The normalized spacial score (nSPS) is 26.8. The molecule has 0 radical (unpaired) electrons. The topological polar surface area (TPSA) is 12.0 Å². The molecule has 1 aromatic rings. The van der Waals surface area contributed by atoms with Crippen LogP contribution in [0.25, 0.3) is 0 Å². The van der Waals surface area contributed by atoms with Crippen molar-refractivity contribution in [2.75, 3.05) is 6.54 Å². The molecule has 0 amide bonds. The van der Waals surface area contributed by atoms with Crippen molar-refractivity contribution in [3.8, 4) is 0 Å². The van der Waals surface area contributed by atoms with E-state index < -0.39 is 0 Å². The van der Waals surface area contributed by atoms with Crippen molar-refractivity contribution in [3.05, 3.63) is 35.6 Å². The van der Waals surface area contributed by atoms with E-state index in [9.17, 15) is 4.39 Å². The third-order valence-electron chi connectivity index (χ3n) is 5.28. The number of hydrogen-bond donors (Lipinski definition) is 1. The Morgan fingerprint density at radius 3 is 2.48 bits per heavy atom. The molecule has 1 N–H and O–H groups in total. The molecule has 0 heterocycles. The Hall–Kier alpha value is -0.890. The highest BCUT2D eigenvalue weighted by Gasteiger charge is 2.39. The van der Waals surface area contributed by atoms with E-state index in [1.54, 1.807) is 12.1 Å². The SMILES string of the molecule is CCCNC1CC(C)CCC1C(C)(C)c1ccc(F)cc1. The summed E-state index contributed by atoms with van der Waals surface area (Å²) < 4.78 is 13.2. The van der Waals surface area contributed by atoms with Crippen molar-refractivity contribution in [1.29, 1.82) is 0 Å². The van der Waals surface area contributed by atoms with Gasteiger partial charge in [0.2, 0.25) is 0 Å². The third-order valence-corrected chi connectivity index (χ3v) is 5.28. The Bertz CT molecular complexity index is 437. The van der Waals surface area contributed by atoms with Crippen LogP contribution in [-0.4, -0.2) is 12.6 Å². The molecule has 1 aromatic carbocycles. The fourth-order valence-corrected chi connectivity index (χ4v) is 3.89. The molecule has 1 saturated carbocycles. The maximum absolute atomic E-state index is 13.2. The molecule has 2 rings (SSSR count). The zero-order valence-corrected chi connectivity index (χ0v) is 14.0. The summed E-state index contributed by atoms with van der Waals surface area (Å²) in [6.07, 6.45) is 5.00. The largest absolute Gasteiger partial charge is 0.314 e. The van der Waals surface area contributed by atoms with Gasteiger partial charge in [-0.1, -0.05) is 46.2 Å². The molecular weight excluding hydrogens is 261 g/mol. The molecule has 0 saturated heterocycles. The molecule has 3 unspecified atom stereocenters. The standard InChI is InChI=1S/C19H30FN/c1-5-12-21-18-13-14(2)6-11-17(18)19(3,4)15-7-9-16(20)10-8-15/h7-10,14,17-18,21H,5-6,11-13H2,1-4H3. The lowest BCUT2D eigenvalue weighted by Crippen LogP contribution is -2.48. The minimum absolute atomic E-state index is 0.0826. The molecule has 2 heteroatoms. The van der Waals surface area contributed by atoms with E-state index >= 15 is 0 Å². The summed E-state index contributed by atoms with van der Waals surface area (Å²) in [5.41, 5.74) is 1.34. The molecule has 1 aliphatic rings. The van der Waals surface area contributed by atoms with E-state index in [2.05, 4.69) is 33.0 Å². The number of halogens is 1. The summed E-state index contributed by atoms with van der Waals surface area (Å²) >= 11 is 0. The van der Waals surface area contributed by atoms with E-state index in [4.69, 9.17) is 0 Å². The van der Waals surface area contributed by atoms with Gasteiger partial charge in [0.05, 0.1) is 0 Å². The number of rotatable bonds is 5. The summed E-state index contributed by atoms with van der Waals surface area (Å²) in [7, 11) is 0. The summed E-state index contributed by atoms with van der Waals surface area (Å²) in [4.78, 5) is 0. The van der Waals surface area contributed by atoms with E-state index in [-0.39, 0.29) is 11.2 Å². The minimum atomic E-state index is -0.146. The van der Waals surface area contributed by atoms with E-state index in [0.29, 0.717) is 12.0 Å². The maximum Gasteiger partial charge on any atom is 0.123 e. The first kappa shape index (κ1) is 16.5. The minimum Gasteiger partial charge on any atom is -0.314 e. The van der Waals surface area contributed by atoms with Gasteiger partial charge < -0.3 is 5.32 Å². The zero-order valence-electron chi connectivity index (χ0n) is 14.0. The van der Waals surface area contributed by atoms with Crippen molar-refractivity contribution >= 4 is 0 Å². The molecule has 0 aromatic heterocycles. The van der Waals surface area contributed by atoms with E-state index in [0.717, 1.165) is 12.5 Å². The fraction of sp³-hybridized carbons (Fsp3) is 0.684. The monoisotopic (exact) mass is 291 g/mol. The molecule has 0 bridgehead atoms. The van der Waals surface area contributed by atoms with Gasteiger partial charge in [-0.2, -0.15) is 0 Å². The van der Waals surface area contributed by atoms with Crippen LogP contribution < -0.4 is 5.32 Å². The molecule has 1 fully saturated rings. The van der Waals surface area contributed by atoms with Gasteiger partial charge in [0.25, 0.3) is 0 Å². The summed E-state index contributed by atoms with van der Waals surface area (Å²) in [5.74, 6) is 1.28. The molecule has 1 aliphatic carbocycles. The van der Waals surface area contributed by atoms with Crippen LogP contribution >= 0.6 is 0 Å². The number of benzene rings is 1. The lowest BCUT2D eigenvalue weighted by molar-refractivity contribution is 0.145. The first-order valence-electron chi connectivity index (χ1n) is 8.44. The summed E-state index contributed by atoms with van der Waals surface area (Å²) in [6.45, 7) is 10.3. The second-order valence-electron chi connectivity index (χ2n) is 7.31. The molecule has 0 spiro atoms.